The van der Waals surface area contributed by atoms with Gasteiger partial charge >= 0.3 is 0 Å². The summed E-state index contributed by atoms with van der Waals surface area (Å²) in [5.74, 6) is 0.164. The molecule has 0 saturated heterocycles. The smallest absolute Gasteiger partial charge is 0.246 e. The van der Waals surface area contributed by atoms with Crippen LogP contribution in [0.3, 0.4) is 0 Å². The Morgan fingerprint density at radius 3 is 3.14 bits per heavy atom. The molecule has 6 heteroatoms. The van der Waals surface area contributed by atoms with Crippen molar-refractivity contribution in [2.24, 2.45) is 0 Å². The SMILES string of the molecule is O=C([C@H]1NCCc2[nH]cnc21)N(Cc1ccsc1)C1CC1. The van der Waals surface area contributed by atoms with Crippen LogP contribution in [0.15, 0.2) is 23.2 Å². The Labute approximate surface area is 127 Å². The molecule has 21 heavy (non-hydrogen) atoms. The molecule has 1 amide bonds. The van der Waals surface area contributed by atoms with Gasteiger partial charge in [-0.1, -0.05) is 0 Å². The first-order valence-corrected chi connectivity index (χ1v) is 8.34. The quantitative estimate of drug-likeness (QED) is 0.906. The second-order valence-electron chi connectivity index (χ2n) is 5.73. The minimum atomic E-state index is -0.292. The van der Waals surface area contributed by atoms with Crippen molar-refractivity contribution < 1.29 is 4.79 Å². The number of hydrogen-bond acceptors (Lipinski definition) is 4. The van der Waals surface area contributed by atoms with Crippen molar-refractivity contribution in [3.05, 3.63) is 40.1 Å². The van der Waals surface area contributed by atoms with E-state index in [-0.39, 0.29) is 11.9 Å². The Bertz CT molecular complexity index is 632. The van der Waals surface area contributed by atoms with Crippen LogP contribution in [0.5, 0.6) is 0 Å². The molecule has 2 aliphatic rings. The van der Waals surface area contributed by atoms with Crippen molar-refractivity contribution in [3.8, 4) is 0 Å². The summed E-state index contributed by atoms with van der Waals surface area (Å²) < 4.78 is 0. The number of aromatic amines is 1. The lowest BCUT2D eigenvalue weighted by molar-refractivity contribution is -0.135. The Hall–Kier alpha value is -1.66. The number of fused-ring (bicyclic) bond motifs is 1. The van der Waals surface area contributed by atoms with Crippen LogP contribution >= 0.6 is 11.3 Å². The predicted molar refractivity (Wildman–Crippen MR) is 80.9 cm³/mol. The van der Waals surface area contributed by atoms with Crippen molar-refractivity contribution in [2.45, 2.75) is 37.9 Å². The van der Waals surface area contributed by atoms with Gasteiger partial charge in [-0.3, -0.25) is 4.79 Å². The highest BCUT2D eigenvalue weighted by atomic mass is 32.1. The maximum absolute atomic E-state index is 13.0. The number of imidazole rings is 1. The van der Waals surface area contributed by atoms with Gasteiger partial charge in [0.05, 0.1) is 12.0 Å². The van der Waals surface area contributed by atoms with Crippen LogP contribution < -0.4 is 5.32 Å². The highest BCUT2D eigenvalue weighted by Gasteiger charge is 2.38. The highest BCUT2D eigenvalue weighted by molar-refractivity contribution is 7.07. The van der Waals surface area contributed by atoms with E-state index in [1.54, 1.807) is 17.7 Å². The van der Waals surface area contributed by atoms with E-state index in [1.807, 2.05) is 4.90 Å². The number of carbonyl (C=O) groups is 1. The van der Waals surface area contributed by atoms with E-state index in [1.165, 1.54) is 5.56 Å². The van der Waals surface area contributed by atoms with E-state index in [0.29, 0.717) is 12.6 Å². The summed E-state index contributed by atoms with van der Waals surface area (Å²) >= 11 is 1.68. The first kappa shape index (κ1) is 13.0. The normalized spacial score (nSPS) is 21.0. The van der Waals surface area contributed by atoms with Gasteiger partial charge in [-0.05, 0) is 35.2 Å². The van der Waals surface area contributed by atoms with Crippen LogP contribution in [-0.4, -0.2) is 33.4 Å². The second kappa shape index (κ2) is 5.27. The van der Waals surface area contributed by atoms with Gasteiger partial charge in [0, 0.05) is 31.2 Å². The van der Waals surface area contributed by atoms with E-state index in [0.717, 1.165) is 37.2 Å². The second-order valence-corrected chi connectivity index (χ2v) is 6.51. The fourth-order valence-corrected chi connectivity index (χ4v) is 3.60. The topological polar surface area (TPSA) is 61.0 Å². The largest absolute Gasteiger partial charge is 0.348 e. The van der Waals surface area contributed by atoms with Gasteiger partial charge in [-0.25, -0.2) is 4.98 Å². The Kier molecular flexibility index (Phi) is 3.27. The number of nitrogens with zero attached hydrogens (tertiary/aromatic N) is 2. The summed E-state index contributed by atoms with van der Waals surface area (Å²) in [6, 6.07) is 2.21. The van der Waals surface area contributed by atoms with E-state index >= 15 is 0 Å². The summed E-state index contributed by atoms with van der Waals surface area (Å²) in [6.45, 7) is 1.54. The number of carbonyl (C=O) groups excluding carboxylic acids is 1. The van der Waals surface area contributed by atoms with Gasteiger partial charge < -0.3 is 15.2 Å². The van der Waals surface area contributed by atoms with Crippen LogP contribution in [0.4, 0.5) is 0 Å². The standard InChI is InChI=1S/C15H18N4OS/c20-15(14-13-12(3-5-16-14)17-9-18-13)19(11-1-2-11)7-10-4-6-21-8-10/h4,6,8-9,11,14,16H,1-3,5,7H2,(H,17,18)/t14-/m0/s1. The molecule has 1 atom stereocenters. The summed E-state index contributed by atoms with van der Waals surface area (Å²) in [5, 5.41) is 7.52. The molecule has 2 N–H and O–H groups in total. The Balaban J connectivity index is 1.58. The van der Waals surface area contributed by atoms with E-state index in [2.05, 4.69) is 32.1 Å². The third-order valence-electron chi connectivity index (χ3n) is 4.20. The molecule has 5 nitrogen and oxygen atoms in total. The molecular formula is C15H18N4OS. The molecule has 0 aromatic carbocycles. The number of thiophene rings is 1. The predicted octanol–water partition coefficient (Wildman–Crippen LogP) is 1.85. The molecule has 0 spiro atoms. The van der Waals surface area contributed by atoms with Crippen molar-refractivity contribution in [1.29, 1.82) is 0 Å². The number of hydrogen-bond donors (Lipinski definition) is 2. The maximum atomic E-state index is 13.0. The molecule has 3 heterocycles. The minimum Gasteiger partial charge on any atom is -0.348 e. The molecule has 1 aliphatic carbocycles. The van der Waals surface area contributed by atoms with Gasteiger partial charge in [-0.15, -0.1) is 0 Å². The third-order valence-corrected chi connectivity index (χ3v) is 4.93. The lowest BCUT2D eigenvalue weighted by Gasteiger charge is -2.29. The summed E-state index contributed by atoms with van der Waals surface area (Å²) in [7, 11) is 0. The van der Waals surface area contributed by atoms with E-state index in [9.17, 15) is 4.79 Å². The fraction of sp³-hybridized carbons (Fsp3) is 0.467. The van der Waals surface area contributed by atoms with Crippen LogP contribution in [0, 0.1) is 0 Å². The van der Waals surface area contributed by atoms with E-state index < -0.39 is 0 Å². The number of amides is 1. The molecule has 0 unspecified atom stereocenters. The zero-order chi connectivity index (χ0) is 14.2. The minimum absolute atomic E-state index is 0.164. The van der Waals surface area contributed by atoms with Gasteiger partial charge in [-0.2, -0.15) is 11.3 Å². The monoisotopic (exact) mass is 302 g/mol. The molecule has 4 rings (SSSR count). The zero-order valence-electron chi connectivity index (χ0n) is 11.7. The lowest BCUT2D eigenvalue weighted by Crippen LogP contribution is -2.44. The third kappa shape index (κ3) is 2.49. The van der Waals surface area contributed by atoms with Gasteiger partial charge in [0.15, 0.2) is 0 Å². The van der Waals surface area contributed by atoms with Gasteiger partial charge in [0.25, 0.3) is 0 Å². The molecule has 0 radical (unpaired) electrons. The molecule has 2 aromatic rings. The van der Waals surface area contributed by atoms with Gasteiger partial charge in [0.2, 0.25) is 5.91 Å². The molecule has 2 aromatic heterocycles. The van der Waals surface area contributed by atoms with Crippen molar-refractivity contribution in [1.82, 2.24) is 20.2 Å². The number of rotatable bonds is 4. The number of H-pyrrole nitrogens is 1. The maximum Gasteiger partial charge on any atom is 0.246 e. The Morgan fingerprint density at radius 1 is 1.48 bits per heavy atom. The summed E-state index contributed by atoms with van der Waals surface area (Å²) in [5.41, 5.74) is 3.19. The first-order valence-electron chi connectivity index (χ1n) is 7.40. The molecule has 0 bridgehead atoms. The molecule has 110 valence electrons. The van der Waals surface area contributed by atoms with Crippen LogP contribution in [0.1, 0.15) is 35.8 Å². The van der Waals surface area contributed by atoms with Crippen LogP contribution in [-0.2, 0) is 17.8 Å². The van der Waals surface area contributed by atoms with Crippen molar-refractivity contribution in [3.63, 3.8) is 0 Å². The average molecular weight is 302 g/mol. The molecular weight excluding hydrogens is 284 g/mol. The van der Waals surface area contributed by atoms with Crippen LogP contribution in [0.25, 0.3) is 0 Å². The zero-order valence-corrected chi connectivity index (χ0v) is 12.5. The van der Waals surface area contributed by atoms with Gasteiger partial charge in [0.1, 0.15) is 6.04 Å². The molecule has 1 fully saturated rings. The first-order chi connectivity index (χ1) is 10.3. The van der Waals surface area contributed by atoms with Crippen LogP contribution in [0.2, 0.25) is 0 Å². The molecule has 1 aliphatic heterocycles. The summed E-state index contributed by atoms with van der Waals surface area (Å²) in [4.78, 5) is 22.5. The van der Waals surface area contributed by atoms with Crippen molar-refractivity contribution >= 4 is 17.2 Å². The summed E-state index contributed by atoms with van der Waals surface area (Å²) in [6.07, 6.45) is 4.84. The average Bonchev–Trinajstić information content (AvgIpc) is 3.02. The lowest BCUT2D eigenvalue weighted by atomic mass is 10.0. The highest BCUT2D eigenvalue weighted by Crippen LogP contribution is 2.32. The van der Waals surface area contributed by atoms with E-state index in [4.69, 9.17) is 0 Å². The van der Waals surface area contributed by atoms with Crippen molar-refractivity contribution in [2.75, 3.05) is 6.54 Å². The Morgan fingerprint density at radius 2 is 2.38 bits per heavy atom. The number of aromatic nitrogens is 2. The molecule has 1 saturated carbocycles. The fourth-order valence-electron chi connectivity index (χ4n) is 2.94. The number of nitrogens with one attached hydrogen (secondary N) is 2.